The van der Waals surface area contributed by atoms with Crippen LogP contribution in [0.2, 0.25) is 0 Å². The molecule has 0 aliphatic heterocycles. The van der Waals surface area contributed by atoms with Gasteiger partial charge in [-0.1, -0.05) is 0 Å². The molecule has 3 aromatic heterocycles. The zero-order valence-electron chi connectivity index (χ0n) is 13.5. The molecule has 1 saturated carbocycles. The lowest BCUT2D eigenvalue weighted by molar-refractivity contribution is 0.680. The van der Waals surface area contributed by atoms with Gasteiger partial charge in [-0.2, -0.15) is 9.61 Å². The van der Waals surface area contributed by atoms with Crippen LogP contribution in [0.5, 0.6) is 0 Å². The summed E-state index contributed by atoms with van der Waals surface area (Å²) in [5, 5.41) is 17.6. The molecule has 1 fully saturated rings. The number of nitrogens with zero attached hydrogens (tertiary/aromatic N) is 5. The van der Waals surface area contributed by atoms with Gasteiger partial charge in [-0.05, 0) is 44.6 Å². The first-order valence-corrected chi connectivity index (χ1v) is 9.61. The van der Waals surface area contributed by atoms with Gasteiger partial charge in [0.15, 0.2) is 0 Å². The van der Waals surface area contributed by atoms with Gasteiger partial charge in [-0.15, -0.1) is 21.5 Å². The predicted molar refractivity (Wildman–Crippen MR) is 93.7 cm³/mol. The van der Waals surface area contributed by atoms with Crippen LogP contribution in [0, 0.1) is 0 Å². The summed E-state index contributed by atoms with van der Waals surface area (Å²) in [5.41, 5.74) is 4.33. The van der Waals surface area contributed by atoms with Crippen molar-refractivity contribution in [1.82, 2.24) is 24.8 Å². The van der Waals surface area contributed by atoms with Gasteiger partial charge in [-0.3, -0.25) is 0 Å². The van der Waals surface area contributed by atoms with Crippen molar-refractivity contribution < 1.29 is 0 Å². The average Bonchev–Trinajstić information content (AvgIpc) is 3.19. The third-order valence-corrected chi connectivity index (χ3v) is 6.04. The van der Waals surface area contributed by atoms with Crippen LogP contribution in [0.1, 0.15) is 52.9 Å². The van der Waals surface area contributed by atoms with Gasteiger partial charge in [0.25, 0.3) is 0 Å². The van der Waals surface area contributed by atoms with Crippen LogP contribution >= 0.6 is 11.3 Å². The van der Waals surface area contributed by atoms with Crippen molar-refractivity contribution >= 4 is 22.7 Å². The second kappa shape index (κ2) is 5.81. The van der Waals surface area contributed by atoms with E-state index in [0.29, 0.717) is 5.92 Å². The van der Waals surface area contributed by atoms with E-state index in [0.717, 1.165) is 36.4 Å². The Morgan fingerprint density at radius 2 is 2.17 bits per heavy atom. The second-order valence-electron chi connectivity index (χ2n) is 6.72. The summed E-state index contributed by atoms with van der Waals surface area (Å²) >= 11 is 1.90. The fraction of sp³-hybridized carbons (Fsp3) is 0.529. The van der Waals surface area contributed by atoms with E-state index >= 15 is 0 Å². The van der Waals surface area contributed by atoms with Gasteiger partial charge in [0, 0.05) is 23.8 Å². The van der Waals surface area contributed by atoms with E-state index in [1.54, 1.807) is 10.8 Å². The topological polar surface area (TPSA) is 68.0 Å². The molecular formula is C17H20N6S. The van der Waals surface area contributed by atoms with Crippen molar-refractivity contribution in [3.8, 4) is 0 Å². The molecule has 0 bridgehead atoms. The van der Waals surface area contributed by atoms with Gasteiger partial charge in [0.1, 0.15) is 6.33 Å². The summed E-state index contributed by atoms with van der Waals surface area (Å²) in [6.45, 7) is 0.864. The number of fused-ring (bicyclic) bond motifs is 2. The van der Waals surface area contributed by atoms with Gasteiger partial charge in [0.05, 0.1) is 22.1 Å². The van der Waals surface area contributed by atoms with Gasteiger partial charge in [-0.25, -0.2) is 4.98 Å². The second-order valence-corrected chi connectivity index (χ2v) is 7.89. The number of hydrogen-bond acceptors (Lipinski definition) is 6. The van der Waals surface area contributed by atoms with Crippen LogP contribution in [-0.4, -0.2) is 31.3 Å². The molecule has 0 amide bonds. The maximum absolute atomic E-state index is 4.82. The zero-order valence-corrected chi connectivity index (χ0v) is 14.3. The molecule has 0 atom stereocenters. The van der Waals surface area contributed by atoms with E-state index < -0.39 is 0 Å². The molecule has 24 heavy (non-hydrogen) atoms. The molecule has 0 spiro atoms. The van der Waals surface area contributed by atoms with Crippen molar-refractivity contribution in [1.29, 1.82) is 0 Å². The molecule has 1 N–H and O–H groups in total. The van der Waals surface area contributed by atoms with Gasteiger partial charge in [0.2, 0.25) is 5.65 Å². The van der Waals surface area contributed by atoms with Gasteiger partial charge >= 0.3 is 0 Å². The molecule has 0 saturated heterocycles. The first kappa shape index (κ1) is 14.3. The third kappa shape index (κ3) is 2.66. The molecule has 0 unspecified atom stereocenters. The van der Waals surface area contributed by atoms with Crippen molar-refractivity contribution in [3.05, 3.63) is 33.7 Å². The fourth-order valence-electron chi connectivity index (χ4n) is 3.37. The summed E-state index contributed by atoms with van der Waals surface area (Å²) in [7, 11) is 0. The molecule has 0 radical (unpaired) electrons. The van der Waals surface area contributed by atoms with Crippen molar-refractivity contribution in [2.45, 2.75) is 50.9 Å². The quantitative estimate of drug-likeness (QED) is 0.773. The number of aromatic nitrogens is 5. The Morgan fingerprint density at radius 1 is 1.25 bits per heavy atom. The van der Waals surface area contributed by atoms with E-state index in [4.69, 9.17) is 4.98 Å². The first-order chi connectivity index (χ1) is 11.9. The van der Waals surface area contributed by atoms with Crippen LogP contribution in [0.25, 0.3) is 5.65 Å². The SMILES string of the molecule is c1c(C2CC2)nn2cnnc2c1NCCc1nc2c(s1)CCCC2. The van der Waals surface area contributed by atoms with E-state index in [1.165, 1.54) is 47.7 Å². The summed E-state index contributed by atoms with van der Waals surface area (Å²) in [6, 6.07) is 2.15. The van der Waals surface area contributed by atoms with E-state index in [-0.39, 0.29) is 0 Å². The lowest BCUT2D eigenvalue weighted by atomic mass is 10.0. The Balaban J connectivity index is 1.32. The molecule has 0 aromatic carbocycles. The molecule has 3 heterocycles. The predicted octanol–water partition coefficient (Wildman–Crippen LogP) is 2.99. The fourth-order valence-corrected chi connectivity index (χ4v) is 4.53. The monoisotopic (exact) mass is 340 g/mol. The van der Waals surface area contributed by atoms with Crippen LogP contribution in [0.15, 0.2) is 12.4 Å². The highest BCUT2D eigenvalue weighted by molar-refractivity contribution is 7.11. The van der Waals surface area contributed by atoms with E-state index in [1.807, 2.05) is 11.3 Å². The minimum absolute atomic E-state index is 0.614. The molecule has 124 valence electrons. The minimum atomic E-state index is 0.614. The normalized spacial score (nSPS) is 17.2. The Kier molecular flexibility index (Phi) is 3.47. The highest BCUT2D eigenvalue weighted by Crippen LogP contribution is 2.39. The lowest BCUT2D eigenvalue weighted by Gasteiger charge is -2.08. The van der Waals surface area contributed by atoms with Gasteiger partial charge < -0.3 is 5.32 Å². The van der Waals surface area contributed by atoms with Crippen molar-refractivity contribution in [2.75, 3.05) is 11.9 Å². The third-order valence-electron chi connectivity index (χ3n) is 4.83. The largest absolute Gasteiger partial charge is 0.381 e. The lowest BCUT2D eigenvalue weighted by Crippen LogP contribution is -2.08. The minimum Gasteiger partial charge on any atom is -0.381 e. The van der Waals surface area contributed by atoms with Crippen LogP contribution in [0.3, 0.4) is 0 Å². The number of aryl methyl sites for hydroxylation is 2. The Morgan fingerprint density at radius 3 is 3.04 bits per heavy atom. The van der Waals surface area contributed by atoms with Crippen LogP contribution in [-0.2, 0) is 19.3 Å². The number of rotatable bonds is 5. The standard InChI is InChI=1S/C17H20N6S/c1-2-4-15-12(3-1)20-16(24-15)7-8-18-14-9-13(11-5-6-11)22-23-10-19-21-17(14)23/h9-11,18H,1-8H2. The number of anilines is 1. The van der Waals surface area contributed by atoms with Crippen LogP contribution in [0.4, 0.5) is 5.69 Å². The summed E-state index contributed by atoms with van der Waals surface area (Å²) in [5.74, 6) is 0.614. The molecule has 3 aromatic rings. The maximum Gasteiger partial charge on any atom is 0.200 e. The highest BCUT2D eigenvalue weighted by atomic mass is 32.1. The number of nitrogens with one attached hydrogen (secondary N) is 1. The van der Waals surface area contributed by atoms with Crippen molar-refractivity contribution in [2.24, 2.45) is 0 Å². The number of hydrogen-bond donors (Lipinski definition) is 1. The molecule has 5 rings (SSSR count). The van der Waals surface area contributed by atoms with E-state index in [9.17, 15) is 0 Å². The Bertz CT molecular complexity index is 855. The molecule has 2 aliphatic carbocycles. The molecular weight excluding hydrogens is 320 g/mol. The van der Waals surface area contributed by atoms with Crippen LogP contribution < -0.4 is 5.32 Å². The maximum atomic E-state index is 4.82. The zero-order chi connectivity index (χ0) is 15.9. The summed E-state index contributed by atoms with van der Waals surface area (Å²) in [4.78, 5) is 6.33. The highest BCUT2D eigenvalue weighted by Gasteiger charge is 2.26. The Hall–Kier alpha value is -2.02. The number of thiazole rings is 1. The Labute approximate surface area is 144 Å². The molecule has 7 heteroatoms. The molecule has 6 nitrogen and oxygen atoms in total. The average molecular weight is 340 g/mol. The van der Waals surface area contributed by atoms with Crippen molar-refractivity contribution in [3.63, 3.8) is 0 Å². The van der Waals surface area contributed by atoms with E-state index in [2.05, 4.69) is 26.7 Å². The smallest absolute Gasteiger partial charge is 0.200 e. The summed E-state index contributed by atoms with van der Waals surface area (Å²) in [6.07, 6.45) is 10.1. The molecule has 2 aliphatic rings. The first-order valence-electron chi connectivity index (χ1n) is 8.79. The summed E-state index contributed by atoms with van der Waals surface area (Å²) < 4.78 is 1.79.